The third-order valence-corrected chi connectivity index (χ3v) is 5.19. The molecule has 0 saturated carbocycles. The number of amides is 1. The minimum atomic E-state index is -0.237. The maximum atomic E-state index is 12.9. The van der Waals surface area contributed by atoms with Crippen LogP contribution in [0.3, 0.4) is 0 Å². The summed E-state index contributed by atoms with van der Waals surface area (Å²) in [6.07, 6.45) is 0. The first kappa shape index (κ1) is 20.8. The summed E-state index contributed by atoms with van der Waals surface area (Å²) in [6, 6.07) is 23.3. The van der Waals surface area contributed by atoms with Gasteiger partial charge in [0, 0.05) is 6.54 Å². The van der Waals surface area contributed by atoms with Crippen LogP contribution in [0.5, 0.6) is 17.2 Å². The molecule has 0 radical (unpaired) electrons. The molecule has 6 heteroatoms. The number of benzene rings is 3. The second kappa shape index (κ2) is 9.53. The van der Waals surface area contributed by atoms with Gasteiger partial charge in [-0.15, -0.1) is 0 Å². The molecule has 1 heterocycles. The van der Waals surface area contributed by atoms with Gasteiger partial charge in [-0.05, 0) is 48.0 Å². The minimum Gasteiger partial charge on any atom is -0.497 e. The Kier molecular flexibility index (Phi) is 6.38. The van der Waals surface area contributed by atoms with Crippen LogP contribution in [0.4, 0.5) is 0 Å². The number of ether oxygens (including phenoxy) is 3. The Labute approximate surface area is 182 Å². The van der Waals surface area contributed by atoms with Crippen LogP contribution < -0.4 is 19.5 Å². The summed E-state index contributed by atoms with van der Waals surface area (Å²) in [5, 5.41) is 3.18. The molecule has 1 amide bonds. The van der Waals surface area contributed by atoms with Crippen molar-refractivity contribution in [1.82, 2.24) is 10.2 Å². The van der Waals surface area contributed by atoms with Crippen LogP contribution >= 0.6 is 0 Å². The summed E-state index contributed by atoms with van der Waals surface area (Å²) in [4.78, 5) is 14.9. The van der Waals surface area contributed by atoms with Gasteiger partial charge in [0.15, 0.2) is 11.5 Å². The molecule has 3 aromatic rings. The van der Waals surface area contributed by atoms with E-state index >= 15 is 0 Å². The molecule has 1 atom stereocenters. The van der Waals surface area contributed by atoms with Gasteiger partial charge in [-0.3, -0.25) is 9.69 Å². The quantitative estimate of drug-likeness (QED) is 0.604. The van der Waals surface area contributed by atoms with E-state index < -0.39 is 0 Å². The van der Waals surface area contributed by atoms with Crippen LogP contribution in [0.15, 0.2) is 72.8 Å². The monoisotopic (exact) mass is 418 g/mol. The fraction of sp³-hybridized carbons (Fsp3) is 0.240. The Balaban J connectivity index is 1.43. The molecule has 160 valence electrons. The second-order valence-electron chi connectivity index (χ2n) is 7.54. The number of fused-ring (bicyclic) bond motifs is 1. The lowest BCUT2D eigenvalue weighted by Gasteiger charge is -2.22. The van der Waals surface area contributed by atoms with Crippen molar-refractivity contribution in [1.29, 1.82) is 0 Å². The number of rotatable bonds is 8. The summed E-state index contributed by atoms with van der Waals surface area (Å²) >= 11 is 0. The Bertz CT molecular complexity index is 1020. The Morgan fingerprint density at radius 3 is 2.45 bits per heavy atom. The van der Waals surface area contributed by atoms with E-state index in [0.29, 0.717) is 6.54 Å². The van der Waals surface area contributed by atoms with Gasteiger partial charge in [0.2, 0.25) is 12.7 Å². The zero-order chi connectivity index (χ0) is 21.6. The van der Waals surface area contributed by atoms with E-state index in [4.69, 9.17) is 14.2 Å². The van der Waals surface area contributed by atoms with Crippen LogP contribution in [0.2, 0.25) is 0 Å². The molecule has 1 aliphatic heterocycles. The van der Waals surface area contributed by atoms with Crippen LogP contribution in [-0.2, 0) is 11.3 Å². The number of hydrogen-bond donors (Lipinski definition) is 1. The van der Waals surface area contributed by atoms with Crippen LogP contribution in [-0.4, -0.2) is 38.3 Å². The molecule has 31 heavy (non-hydrogen) atoms. The Morgan fingerprint density at radius 2 is 1.71 bits per heavy atom. The van der Waals surface area contributed by atoms with Gasteiger partial charge in [0.25, 0.3) is 0 Å². The summed E-state index contributed by atoms with van der Waals surface area (Å²) in [5.41, 5.74) is 3.09. The van der Waals surface area contributed by atoms with Gasteiger partial charge < -0.3 is 19.5 Å². The van der Waals surface area contributed by atoms with Gasteiger partial charge >= 0.3 is 0 Å². The third-order valence-electron chi connectivity index (χ3n) is 5.19. The maximum absolute atomic E-state index is 12.9. The predicted octanol–water partition coefficient (Wildman–Crippen LogP) is 3.76. The molecule has 0 fully saturated rings. The van der Waals surface area contributed by atoms with Crippen molar-refractivity contribution in [3.63, 3.8) is 0 Å². The summed E-state index contributed by atoms with van der Waals surface area (Å²) in [6.45, 7) is 1.15. The summed E-state index contributed by atoms with van der Waals surface area (Å²) in [5.74, 6) is 2.24. The highest BCUT2D eigenvalue weighted by Crippen LogP contribution is 2.32. The number of carbonyl (C=O) groups is 1. The lowest BCUT2D eigenvalue weighted by molar-refractivity contribution is -0.122. The fourth-order valence-electron chi connectivity index (χ4n) is 3.66. The molecule has 0 saturated heterocycles. The molecule has 1 aliphatic rings. The van der Waals surface area contributed by atoms with E-state index in [9.17, 15) is 4.79 Å². The van der Waals surface area contributed by atoms with Crippen LogP contribution in [0.1, 0.15) is 22.7 Å². The van der Waals surface area contributed by atoms with E-state index in [1.54, 1.807) is 7.11 Å². The third kappa shape index (κ3) is 5.16. The number of hydrogen-bond acceptors (Lipinski definition) is 5. The molecule has 4 rings (SSSR count). The van der Waals surface area contributed by atoms with Crippen LogP contribution in [0, 0.1) is 0 Å². The Morgan fingerprint density at radius 1 is 1.00 bits per heavy atom. The molecule has 0 spiro atoms. The molecule has 0 aromatic heterocycles. The standard InChI is InChI=1S/C25H26N2O4/c1-27(15-18-8-13-22-23(14-18)31-17-30-22)16-24(28)26-25(19-6-4-3-5-7-19)20-9-11-21(29-2)12-10-20/h3-14,25H,15-17H2,1-2H3,(H,26,28)/t25-/m1/s1. The van der Waals surface area contributed by atoms with Crippen molar-refractivity contribution in [2.45, 2.75) is 12.6 Å². The lowest BCUT2D eigenvalue weighted by Crippen LogP contribution is -2.37. The van der Waals surface area contributed by atoms with E-state index in [-0.39, 0.29) is 25.3 Å². The first-order valence-corrected chi connectivity index (χ1v) is 10.2. The van der Waals surface area contributed by atoms with E-state index in [2.05, 4.69) is 5.32 Å². The van der Waals surface area contributed by atoms with Gasteiger partial charge in [-0.1, -0.05) is 48.5 Å². The normalized spacial score (nSPS) is 13.1. The molecule has 6 nitrogen and oxygen atoms in total. The average molecular weight is 418 g/mol. The number of likely N-dealkylation sites (N-methyl/N-ethyl adjacent to an activating group) is 1. The van der Waals surface area contributed by atoms with Gasteiger partial charge in [0.05, 0.1) is 19.7 Å². The van der Waals surface area contributed by atoms with Gasteiger partial charge in [-0.25, -0.2) is 0 Å². The predicted molar refractivity (Wildman–Crippen MR) is 118 cm³/mol. The van der Waals surface area contributed by atoms with E-state index in [0.717, 1.165) is 33.9 Å². The highest BCUT2D eigenvalue weighted by molar-refractivity contribution is 5.79. The molecule has 0 unspecified atom stereocenters. The largest absolute Gasteiger partial charge is 0.497 e. The van der Waals surface area contributed by atoms with Crippen molar-refractivity contribution >= 4 is 5.91 Å². The molecular weight excluding hydrogens is 392 g/mol. The molecule has 1 N–H and O–H groups in total. The smallest absolute Gasteiger partial charge is 0.234 e. The average Bonchev–Trinajstić information content (AvgIpc) is 3.26. The second-order valence-corrected chi connectivity index (χ2v) is 7.54. The summed E-state index contributed by atoms with van der Waals surface area (Å²) < 4.78 is 16.1. The fourth-order valence-corrected chi connectivity index (χ4v) is 3.66. The highest BCUT2D eigenvalue weighted by atomic mass is 16.7. The minimum absolute atomic E-state index is 0.0482. The first-order chi connectivity index (χ1) is 15.1. The number of carbonyl (C=O) groups excluding carboxylic acids is 1. The number of nitrogens with zero attached hydrogens (tertiary/aromatic N) is 1. The Hall–Kier alpha value is -3.51. The SMILES string of the molecule is COc1ccc([C@H](NC(=O)CN(C)Cc2ccc3c(c2)OCO3)c2ccccc2)cc1. The van der Waals surface area contributed by atoms with Crippen molar-refractivity contribution < 1.29 is 19.0 Å². The lowest BCUT2D eigenvalue weighted by atomic mass is 9.98. The van der Waals surface area contributed by atoms with Gasteiger partial charge in [-0.2, -0.15) is 0 Å². The molecule has 0 bridgehead atoms. The first-order valence-electron chi connectivity index (χ1n) is 10.2. The molecule has 0 aliphatic carbocycles. The topological polar surface area (TPSA) is 60.0 Å². The number of nitrogens with one attached hydrogen (secondary N) is 1. The van der Waals surface area contributed by atoms with E-state index in [1.165, 1.54) is 0 Å². The van der Waals surface area contributed by atoms with Crippen molar-refractivity contribution in [2.75, 3.05) is 27.5 Å². The van der Waals surface area contributed by atoms with Crippen molar-refractivity contribution in [3.8, 4) is 17.2 Å². The highest BCUT2D eigenvalue weighted by Gasteiger charge is 2.19. The maximum Gasteiger partial charge on any atom is 0.234 e. The molecule has 3 aromatic carbocycles. The van der Waals surface area contributed by atoms with E-state index in [1.807, 2.05) is 84.7 Å². The molecular formula is C25H26N2O4. The van der Waals surface area contributed by atoms with Gasteiger partial charge in [0.1, 0.15) is 5.75 Å². The zero-order valence-corrected chi connectivity index (χ0v) is 17.7. The number of methoxy groups -OCH3 is 1. The van der Waals surface area contributed by atoms with Crippen LogP contribution in [0.25, 0.3) is 0 Å². The van der Waals surface area contributed by atoms with Crippen molar-refractivity contribution in [2.24, 2.45) is 0 Å². The zero-order valence-electron chi connectivity index (χ0n) is 17.7. The summed E-state index contributed by atoms with van der Waals surface area (Å²) in [7, 11) is 3.57. The van der Waals surface area contributed by atoms with Crippen molar-refractivity contribution in [3.05, 3.63) is 89.5 Å².